The van der Waals surface area contributed by atoms with Crippen LogP contribution in [0.5, 0.6) is 0 Å². The van der Waals surface area contributed by atoms with Crippen LogP contribution in [0.15, 0.2) is 24.3 Å². The summed E-state index contributed by atoms with van der Waals surface area (Å²) >= 11 is 5.85. The lowest BCUT2D eigenvalue weighted by Crippen LogP contribution is -2.32. The predicted molar refractivity (Wildman–Crippen MR) is 57.6 cm³/mol. The zero-order chi connectivity index (χ0) is 10.6. The van der Waals surface area contributed by atoms with Crippen LogP contribution >= 0.6 is 11.6 Å². The SMILES string of the molecule is COC(CCl)(OC)c1ccc(C)cc1. The van der Waals surface area contributed by atoms with Crippen LogP contribution in [0, 0.1) is 6.92 Å². The fourth-order valence-corrected chi connectivity index (χ4v) is 1.69. The van der Waals surface area contributed by atoms with Gasteiger partial charge in [0.2, 0.25) is 5.79 Å². The number of hydrogen-bond acceptors (Lipinski definition) is 2. The van der Waals surface area contributed by atoms with Crippen molar-refractivity contribution < 1.29 is 9.47 Å². The lowest BCUT2D eigenvalue weighted by molar-refractivity contribution is -0.198. The highest BCUT2D eigenvalue weighted by molar-refractivity contribution is 6.18. The van der Waals surface area contributed by atoms with E-state index in [4.69, 9.17) is 21.1 Å². The van der Waals surface area contributed by atoms with Crippen molar-refractivity contribution >= 4 is 11.6 Å². The van der Waals surface area contributed by atoms with Gasteiger partial charge in [-0.1, -0.05) is 29.8 Å². The minimum absolute atomic E-state index is 0.267. The van der Waals surface area contributed by atoms with E-state index >= 15 is 0 Å². The van der Waals surface area contributed by atoms with Gasteiger partial charge in [0.25, 0.3) is 0 Å². The monoisotopic (exact) mass is 214 g/mol. The van der Waals surface area contributed by atoms with Gasteiger partial charge in [-0.25, -0.2) is 0 Å². The molecule has 3 heteroatoms. The molecule has 0 unspecified atom stereocenters. The quantitative estimate of drug-likeness (QED) is 0.567. The summed E-state index contributed by atoms with van der Waals surface area (Å²) in [6, 6.07) is 7.94. The van der Waals surface area contributed by atoms with Gasteiger partial charge in [-0.2, -0.15) is 0 Å². The molecule has 0 atom stereocenters. The number of aryl methyl sites for hydroxylation is 1. The molecule has 0 aromatic heterocycles. The largest absolute Gasteiger partial charge is 0.348 e. The van der Waals surface area contributed by atoms with Gasteiger partial charge in [0.15, 0.2) is 0 Å². The lowest BCUT2D eigenvalue weighted by Gasteiger charge is -2.29. The van der Waals surface area contributed by atoms with E-state index in [-0.39, 0.29) is 5.88 Å². The van der Waals surface area contributed by atoms with Crippen molar-refractivity contribution in [3.05, 3.63) is 35.4 Å². The summed E-state index contributed by atoms with van der Waals surface area (Å²) in [5.41, 5.74) is 2.13. The van der Waals surface area contributed by atoms with E-state index in [2.05, 4.69) is 0 Å². The Balaban J connectivity index is 3.05. The molecule has 2 nitrogen and oxygen atoms in total. The molecule has 0 N–H and O–H groups in total. The lowest BCUT2D eigenvalue weighted by atomic mass is 10.1. The van der Waals surface area contributed by atoms with Crippen molar-refractivity contribution in [2.45, 2.75) is 12.7 Å². The molecule has 0 aliphatic rings. The topological polar surface area (TPSA) is 18.5 Å². The maximum atomic E-state index is 5.85. The van der Waals surface area contributed by atoms with Crippen molar-refractivity contribution in [2.75, 3.05) is 20.1 Å². The van der Waals surface area contributed by atoms with Crippen LogP contribution < -0.4 is 0 Å². The van der Waals surface area contributed by atoms with Crippen LogP contribution in [0.25, 0.3) is 0 Å². The van der Waals surface area contributed by atoms with Crippen LogP contribution in [0.3, 0.4) is 0 Å². The van der Waals surface area contributed by atoms with E-state index in [0.717, 1.165) is 5.56 Å². The average Bonchev–Trinajstić information content (AvgIpc) is 2.24. The number of ether oxygens (including phenoxy) is 2. The summed E-state index contributed by atoms with van der Waals surface area (Å²) in [6.45, 7) is 2.03. The Morgan fingerprint density at radius 3 is 2.00 bits per heavy atom. The average molecular weight is 215 g/mol. The van der Waals surface area contributed by atoms with Crippen molar-refractivity contribution in [3.8, 4) is 0 Å². The first-order valence-corrected chi connectivity index (χ1v) is 4.95. The highest BCUT2D eigenvalue weighted by atomic mass is 35.5. The normalized spacial score (nSPS) is 11.7. The molecule has 0 heterocycles. The van der Waals surface area contributed by atoms with Gasteiger partial charge < -0.3 is 9.47 Å². The van der Waals surface area contributed by atoms with E-state index in [1.807, 2.05) is 31.2 Å². The van der Waals surface area contributed by atoms with Crippen molar-refractivity contribution in [3.63, 3.8) is 0 Å². The van der Waals surface area contributed by atoms with Gasteiger partial charge in [-0.05, 0) is 6.92 Å². The molecule has 0 fully saturated rings. The fourth-order valence-electron chi connectivity index (χ4n) is 1.31. The Bertz CT molecular complexity index is 270. The van der Waals surface area contributed by atoms with Crippen LogP contribution in [0.1, 0.15) is 11.1 Å². The van der Waals surface area contributed by atoms with Gasteiger partial charge in [0, 0.05) is 19.8 Å². The summed E-state index contributed by atoms with van der Waals surface area (Å²) in [7, 11) is 3.18. The summed E-state index contributed by atoms with van der Waals surface area (Å²) in [4.78, 5) is 0. The van der Waals surface area contributed by atoms with E-state index in [1.54, 1.807) is 14.2 Å². The number of hydrogen-bond donors (Lipinski definition) is 0. The van der Waals surface area contributed by atoms with Gasteiger partial charge in [0.05, 0.1) is 5.88 Å². The second kappa shape index (κ2) is 4.78. The van der Waals surface area contributed by atoms with Crippen LogP contribution in [-0.4, -0.2) is 20.1 Å². The number of rotatable bonds is 4. The van der Waals surface area contributed by atoms with Crippen molar-refractivity contribution in [2.24, 2.45) is 0 Å². The number of alkyl halides is 1. The van der Waals surface area contributed by atoms with E-state index < -0.39 is 5.79 Å². The number of benzene rings is 1. The van der Waals surface area contributed by atoms with Crippen LogP contribution in [0.4, 0.5) is 0 Å². The molecule has 1 rings (SSSR count). The summed E-state index contributed by atoms with van der Waals surface area (Å²) in [5.74, 6) is -0.557. The minimum Gasteiger partial charge on any atom is -0.348 e. The van der Waals surface area contributed by atoms with Crippen molar-refractivity contribution in [1.29, 1.82) is 0 Å². The fraction of sp³-hybridized carbons (Fsp3) is 0.455. The molecule has 1 aromatic carbocycles. The first kappa shape index (κ1) is 11.5. The van der Waals surface area contributed by atoms with Crippen LogP contribution in [0.2, 0.25) is 0 Å². The summed E-state index contributed by atoms with van der Waals surface area (Å²) in [5, 5.41) is 0. The zero-order valence-electron chi connectivity index (χ0n) is 8.71. The first-order chi connectivity index (χ1) is 6.68. The maximum Gasteiger partial charge on any atom is 0.208 e. The smallest absolute Gasteiger partial charge is 0.208 e. The van der Waals surface area contributed by atoms with Gasteiger partial charge in [0.1, 0.15) is 0 Å². The number of methoxy groups -OCH3 is 2. The molecule has 0 bridgehead atoms. The third-order valence-corrected chi connectivity index (χ3v) is 2.68. The molecular formula is C11H15ClO2. The Morgan fingerprint density at radius 2 is 1.64 bits per heavy atom. The molecule has 0 radical (unpaired) electrons. The molecule has 14 heavy (non-hydrogen) atoms. The molecule has 0 aliphatic carbocycles. The van der Waals surface area contributed by atoms with E-state index in [9.17, 15) is 0 Å². The van der Waals surface area contributed by atoms with Gasteiger partial charge >= 0.3 is 0 Å². The van der Waals surface area contributed by atoms with Gasteiger partial charge in [-0.15, -0.1) is 11.6 Å². The third-order valence-electron chi connectivity index (χ3n) is 2.33. The molecule has 0 saturated carbocycles. The van der Waals surface area contributed by atoms with Gasteiger partial charge in [-0.3, -0.25) is 0 Å². The van der Waals surface area contributed by atoms with Crippen LogP contribution in [-0.2, 0) is 15.3 Å². The molecule has 78 valence electrons. The van der Waals surface area contributed by atoms with Crippen molar-refractivity contribution in [1.82, 2.24) is 0 Å². The van der Waals surface area contributed by atoms with E-state index in [1.165, 1.54) is 5.56 Å². The molecule has 1 aromatic rings. The minimum atomic E-state index is -0.824. The standard InChI is InChI=1S/C11H15ClO2/c1-9-4-6-10(7-5-9)11(8-12,13-2)14-3/h4-7H,8H2,1-3H3. The maximum absolute atomic E-state index is 5.85. The molecule has 0 spiro atoms. The predicted octanol–water partition coefficient (Wildman–Crippen LogP) is 2.68. The summed E-state index contributed by atoms with van der Waals surface area (Å²) in [6.07, 6.45) is 0. The third kappa shape index (κ3) is 2.08. The Hall–Kier alpha value is -0.570. The Kier molecular flexibility index (Phi) is 3.93. The molecular weight excluding hydrogens is 200 g/mol. The Morgan fingerprint density at radius 1 is 1.14 bits per heavy atom. The number of halogens is 1. The Labute approximate surface area is 89.8 Å². The van der Waals surface area contributed by atoms with E-state index in [0.29, 0.717) is 0 Å². The molecule has 0 amide bonds. The second-order valence-corrected chi connectivity index (χ2v) is 3.43. The highest BCUT2D eigenvalue weighted by Crippen LogP contribution is 2.27. The second-order valence-electron chi connectivity index (χ2n) is 3.16. The summed E-state index contributed by atoms with van der Waals surface area (Å²) < 4.78 is 10.6. The molecule has 0 aliphatic heterocycles. The molecule has 0 saturated heterocycles. The first-order valence-electron chi connectivity index (χ1n) is 4.42. The highest BCUT2D eigenvalue weighted by Gasteiger charge is 2.30. The zero-order valence-corrected chi connectivity index (χ0v) is 9.47.